The lowest BCUT2D eigenvalue weighted by Gasteiger charge is -2.35. The van der Waals surface area contributed by atoms with Crippen LogP contribution < -0.4 is 20.7 Å². The van der Waals surface area contributed by atoms with Crippen LogP contribution in [-0.2, 0) is 0 Å². The van der Waals surface area contributed by atoms with Crippen molar-refractivity contribution >= 4 is 35.0 Å². The standard InChI is InChI=1S/C29H29NOSi/c1-29(2,3)30-22-23-14-13-21-27(28(23)31)32(24-15-7-4-8-16-24,25-17-9-5-10-18-25)26-19-11-6-12-20-26/h4-22,31H,1-3H3. The van der Waals surface area contributed by atoms with E-state index in [2.05, 4.69) is 105 Å². The number of hydrogen-bond donors (Lipinski definition) is 1. The number of benzene rings is 4. The molecule has 0 amide bonds. The third-order valence-electron chi connectivity index (χ3n) is 5.68. The Morgan fingerprint density at radius 1 is 0.625 bits per heavy atom. The third-order valence-corrected chi connectivity index (χ3v) is 10.5. The highest BCUT2D eigenvalue weighted by atomic mass is 28.3. The lowest BCUT2D eigenvalue weighted by molar-refractivity contribution is 0.478. The summed E-state index contributed by atoms with van der Waals surface area (Å²) in [6.45, 7) is 6.17. The predicted octanol–water partition coefficient (Wildman–Crippen LogP) is 3.99. The monoisotopic (exact) mass is 435 g/mol. The second-order valence-electron chi connectivity index (χ2n) is 9.02. The first kappa shape index (κ1) is 21.8. The molecule has 0 aliphatic heterocycles. The van der Waals surface area contributed by atoms with Crippen LogP contribution in [0.2, 0.25) is 0 Å². The molecular weight excluding hydrogens is 406 g/mol. The quantitative estimate of drug-likeness (QED) is 0.287. The van der Waals surface area contributed by atoms with Gasteiger partial charge in [-0.1, -0.05) is 103 Å². The molecule has 0 aliphatic rings. The van der Waals surface area contributed by atoms with Crippen molar-refractivity contribution in [1.29, 1.82) is 0 Å². The molecule has 0 saturated heterocycles. The van der Waals surface area contributed by atoms with Crippen LogP contribution >= 0.6 is 0 Å². The smallest absolute Gasteiger partial charge is 0.183 e. The van der Waals surface area contributed by atoms with Gasteiger partial charge in [-0.3, -0.25) is 4.99 Å². The minimum Gasteiger partial charge on any atom is -0.507 e. The molecule has 0 aromatic heterocycles. The van der Waals surface area contributed by atoms with E-state index in [1.165, 1.54) is 15.6 Å². The molecular formula is C29H29NOSi. The van der Waals surface area contributed by atoms with E-state index in [9.17, 15) is 5.11 Å². The maximum Gasteiger partial charge on any atom is 0.183 e. The van der Waals surface area contributed by atoms with Gasteiger partial charge in [0.2, 0.25) is 0 Å². The Bertz CT molecular complexity index is 1100. The Morgan fingerprint density at radius 2 is 1.06 bits per heavy atom. The first-order valence-electron chi connectivity index (χ1n) is 11.0. The number of nitrogens with zero attached hydrogens (tertiary/aromatic N) is 1. The van der Waals surface area contributed by atoms with Crippen molar-refractivity contribution in [2.24, 2.45) is 4.99 Å². The first-order valence-corrected chi connectivity index (χ1v) is 13.0. The summed E-state index contributed by atoms with van der Waals surface area (Å²) in [6.07, 6.45) is 1.80. The molecule has 3 heteroatoms. The van der Waals surface area contributed by atoms with Crippen molar-refractivity contribution in [3.8, 4) is 5.75 Å². The van der Waals surface area contributed by atoms with Crippen LogP contribution in [0.15, 0.2) is 114 Å². The van der Waals surface area contributed by atoms with Gasteiger partial charge in [0.05, 0.1) is 5.54 Å². The SMILES string of the molecule is CC(C)(C)N=Cc1cccc([Si](c2ccccc2)(c2ccccc2)c2ccccc2)c1O. The molecule has 0 aliphatic carbocycles. The maximum atomic E-state index is 11.6. The molecule has 4 aromatic rings. The van der Waals surface area contributed by atoms with Crippen LogP contribution in [0, 0.1) is 0 Å². The van der Waals surface area contributed by atoms with E-state index < -0.39 is 8.07 Å². The molecule has 0 atom stereocenters. The fourth-order valence-electron chi connectivity index (χ4n) is 4.26. The highest BCUT2D eigenvalue weighted by Crippen LogP contribution is 2.20. The molecule has 160 valence electrons. The van der Waals surface area contributed by atoms with E-state index >= 15 is 0 Å². The highest BCUT2D eigenvalue weighted by Gasteiger charge is 2.43. The van der Waals surface area contributed by atoms with E-state index in [4.69, 9.17) is 0 Å². The van der Waals surface area contributed by atoms with Gasteiger partial charge < -0.3 is 5.11 Å². The van der Waals surface area contributed by atoms with Crippen molar-refractivity contribution in [3.63, 3.8) is 0 Å². The summed E-state index contributed by atoms with van der Waals surface area (Å²) in [6, 6.07) is 37.9. The highest BCUT2D eigenvalue weighted by molar-refractivity contribution is 7.20. The number of aromatic hydroxyl groups is 1. The lowest BCUT2D eigenvalue weighted by Crippen LogP contribution is -2.74. The van der Waals surface area contributed by atoms with Crippen LogP contribution in [-0.4, -0.2) is 24.9 Å². The van der Waals surface area contributed by atoms with Gasteiger partial charge in [0.1, 0.15) is 5.75 Å². The molecule has 0 spiro atoms. The zero-order chi connectivity index (χ0) is 22.6. The number of rotatable bonds is 5. The predicted molar refractivity (Wildman–Crippen MR) is 139 cm³/mol. The van der Waals surface area contributed by atoms with Gasteiger partial charge in [-0.05, 0) is 47.6 Å². The molecule has 0 radical (unpaired) electrons. The molecule has 0 unspecified atom stereocenters. The summed E-state index contributed by atoms with van der Waals surface area (Å²) < 4.78 is 0. The summed E-state index contributed by atoms with van der Waals surface area (Å²) in [7, 11) is -2.76. The van der Waals surface area contributed by atoms with Crippen LogP contribution in [0.3, 0.4) is 0 Å². The van der Waals surface area contributed by atoms with Crippen molar-refractivity contribution in [2.45, 2.75) is 26.3 Å². The normalized spacial score (nSPS) is 12.2. The number of hydrogen-bond acceptors (Lipinski definition) is 2. The van der Waals surface area contributed by atoms with Gasteiger partial charge in [-0.2, -0.15) is 0 Å². The molecule has 0 bridgehead atoms. The second kappa shape index (κ2) is 8.97. The van der Waals surface area contributed by atoms with Crippen LogP contribution in [0.25, 0.3) is 0 Å². The van der Waals surface area contributed by atoms with Gasteiger partial charge >= 0.3 is 0 Å². The van der Waals surface area contributed by atoms with Crippen molar-refractivity contribution < 1.29 is 5.11 Å². The Kier molecular flexibility index (Phi) is 6.11. The molecule has 2 nitrogen and oxygen atoms in total. The average molecular weight is 436 g/mol. The van der Waals surface area contributed by atoms with Crippen LogP contribution in [0.4, 0.5) is 0 Å². The Hall–Kier alpha value is -3.43. The van der Waals surface area contributed by atoms with Crippen molar-refractivity contribution in [2.75, 3.05) is 0 Å². The Labute approximate surface area is 191 Å². The summed E-state index contributed by atoms with van der Waals surface area (Å²) in [5.74, 6) is 0.309. The van der Waals surface area contributed by atoms with Gasteiger partial charge in [0.15, 0.2) is 8.07 Å². The van der Waals surface area contributed by atoms with E-state index in [0.717, 1.165) is 10.8 Å². The van der Waals surface area contributed by atoms with Crippen molar-refractivity contribution in [3.05, 3.63) is 115 Å². The van der Waals surface area contributed by atoms with Crippen molar-refractivity contribution in [1.82, 2.24) is 0 Å². The van der Waals surface area contributed by atoms with Gasteiger partial charge in [0.25, 0.3) is 0 Å². The zero-order valence-corrected chi connectivity index (χ0v) is 19.9. The molecule has 4 aromatic carbocycles. The van der Waals surface area contributed by atoms with E-state index in [0.29, 0.717) is 5.75 Å². The minimum atomic E-state index is -2.76. The summed E-state index contributed by atoms with van der Waals surface area (Å²) in [5, 5.41) is 16.3. The van der Waals surface area contributed by atoms with Gasteiger partial charge in [-0.15, -0.1) is 0 Å². The fraction of sp³-hybridized carbons (Fsp3) is 0.138. The lowest BCUT2D eigenvalue weighted by atomic mass is 10.1. The molecule has 4 rings (SSSR count). The molecule has 0 fully saturated rings. The Balaban J connectivity index is 2.09. The average Bonchev–Trinajstić information content (AvgIpc) is 2.81. The van der Waals surface area contributed by atoms with E-state index in [1.54, 1.807) is 6.21 Å². The molecule has 0 saturated carbocycles. The summed E-state index contributed by atoms with van der Waals surface area (Å²) in [4.78, 5) is 4.66. The number of aliphatic imine (C=N–C) groups is 1. The molecule has 1 N–H and O–H groups in total. The summed E-state index contributed by atoms with van der Waals surface area (Å²) in [5.41, 5.74) is 0.534. The first-order chi connectivity index (χ1) is 15.4. The van der Waals surface area contributed by atoms with Gasteiger partial charge in [-0.25, -0.2) is 0 Å². The number of phenols is 1. The fourth-order valence-corrected chi connectivity index (χ4v) is 9.12. The molecule has 0 heterocycles. The number of phenolic OH excluding ortho intramolecular Hbond substituents is 1. The minimum absolute atomic E-state index is 0.213. The summed E-state index contributed by atoms with van der Waals surface area (Å²) >= 11 is 0. The second-order valence-corrected chi connectivity index (χ2v) is 12.8. The third kappa shape index (κ3) is 4.17. The zero-order valence-electron chi connectivity index (χ0n) is 18.9. The van der Waals surface area contributed by atoms with Gasteiger partial charge in [0, 0.05) is 11.8 Å². The Morgan fingerprint density at radius 3 is 1.47 bits per heavy atom. The largest absolute Gasteiger partial charge is 0.507 e. The maximum absolute atomic E-state index is 11.6. The topological polar surface area (TPSA) is 32.6 Å². The van der Waals surface area contributed by atoms with E-state index in [-0.39, 0.29) is 5.54 Å². The number of para-hydroxylation sites is 1. The molecule has 32 heavy (non-hydrogen) atoms. The van der Waals surface area contributed by atoms with Crippen LogP contribution in [0.5, 0.6) is 5.75 Å². The van der Waals surface area contributed by atoms with Crippen LogP contribution in [0.1, 0.15) is 26.3 Å². The van der Waals surface area contributed by atoms with E-state index in [1.807, 2.05) is 30.3 Å².